The van der Waals surface area contributed by atoms with Crippen LogP contribution in [0.4, 0.5) is 23.7 Å². The Morgan fingerprint density at radius 3 is 2.38 bits per heavy atom. The van der Waals surface area contributed by atoms with Crippen molar-refractivity contribution in [1.82, 2.24) is 19.7 Å². The van der Waals surface area contributed by atoms with Crippen LogP contribution in [-0.2, 0) is 11.3 Å². The standard InChI is InChI=1S/C22H22F3N5O4/c1-27-8-10-28(11-9-27)20(32)18-12-15(6-7-26-18)13-29-14-19(31)30(21(29)33)16-2-4-17(5-3-16)34-22(23,24)25/h2-7,12H,8-11,13-14H2,1H3. The summed E-state index contributed by atoms with van der Waals surface area (Å²) in [6.07, 6.45) is -3.36. The molecule has 1 aromatic heterocycles. The van der Waals surface area contributed by atoms with Gasteiger partial charge in [-0.25, -0.2) is 9.69 Å². The summed E-state index contributed by atoms with van der Waals surface area (Å²) in [5.74, 6) is -1.17. The molecule has 0 aliphatic carbocycles. The van der Waals surface area contributed by atoms with Crippen molar-refractivity contribution >= 4 is 23.5 Å². The predicted molar refractivity (Wildman–Crippen MR) is 114 cm³/mol. The van der Waals surface area contributed by atoms with Crippen LogP contribution in [0, 0.1) is 0 Å². The van der Waals surface area contributed by atoms with Gasteiger partial charge in [0, 0.05) is 38.9 Å². The van der Waals surface area contributed by atoms with Crippen molar-refractivity contribution < 1.29 is 32.3 Å². The summed E-state index contributed by atoms with van der Waals surface area (Å²) in [7, 11) is 1.99. The van der Waals surface area contributed by atoms with Crippen LogP contribution in [0.1, 0.15) is 16.1 Å². The summed E-state index contributed by atoms with van der Waals surface area (Å²) in [4.78, 5) is 48.3. The molecule has 2 saturated heterocycles. The number of carbonyl (C=O) groups is 3. The maximum atomic E-state index is 12.9. The molecule has 0 saturated carbocycles. The largest absolute Gasteiger partial charge is 0.573 e. The second-order valence-electron chi connectivity index (χ2n) is 8.05. The molecule has 1 aromatic carbocycles. The van der Waals surface area contributed by atoms with E-state index in [4.69, 9.17) is 0 Å². The number of hydrogen-bond donors (Lipinski definition) is 0. The summed E-state index contributed by atoms with van der Waals surface area (Å²) in [6.45, 7) is 2.61. The molecule has 0 N–H and O–H groups in total. The van der Waals surface area contributed by atoms with E-state index in [1.54, 1.807) is 17.0 Å². The minimum Gasteiger partial charge on any atom is -0.406 e. The number of alkyl halides is 3. The first-order chi connectivity index (χ1) is 16.1. The molecule has 3 heterocycles. The fourth-order valence-corrected chi connectivity index (χ4v) is 3.81. The molecule has 2 fully saturated rings. The Balaban J connectivity index is 1.43. The number of ether oxygens (including phenoxy) is 1. The number of imide groups is 1. The van der Waals surface area contributed by atoms with Crippen LogP contribution < -0.4 is 9.64 Å². The van der Waals surface area contributed by atoms with Crippen molar-refractivity contribution in [2.24, 2.45) is 0 Å². The SMILES string of the molecule is CN1CCN(C(=O)c2cc(CN3CC(=O)N(c4ccc(OC(F)(F)F)cc4)C3=O)ccn2)CC1. The number of halogens is 3. The number of pyridine rings is 1. The molecular weight excluding hydrogens is 455 g/mol. The molecular formula is C22H22F3N5O4. The van der Waals surface area contributed by atoms with Crippen LogP contribution in [0.25, 0.3) is 0 Å². The van der Waals surface area contributed by atoms with E-state index in [9.17, 15) is 27.6 Å². The molecule has 180 valence electrons. The van der Waals surface area contributed by atoms with Gasteiger partial charge in [0.2, 0.25) is 0 Å². The van der Waals surface area contributed by atoms with E-state index < -0.39 is 24.1 Å². The number of hydrogen-bond acceptors (Lipinski definition) is 6. The maximum absolute atomic E-state index is 12.9. The lowest BCUT2D eigenvalue weighted by atomic mass is 10.2. The smallest absolute Gasteiger partial charge is 0.406 e. The number of piperazine rings is 1. The van der Waals surface area contributed by atoms with E-state index in [1.165, 1.54) is 23.2 Å². The van der Waals surface area contributed by atoms with Crippen LogP contribution in [-0.4, -0.2) is 83.7 Å². The number of likely N-dealkylation sites (N-methyl/N-ethyl adjacent to an activating group) is 1. The van der Waals surface area contributed by atoms with Crippen LogP contribution in [0.15, 0.2) is 42.6 Å². The van der Waals surface area contributed by atoms with Gasteiger partial charge in [0.25, 0.3) is 11.8 Å². The van der Waals surface area contributed by atoms with Gasteiger partial charge in [-0.1, -0.05) is 0 Å². The van der Waals surface area contributed by atoms with Gasteiger partial charge in [0.05, 0.1) is 5.69 Å². The fraction of sp³-hybridized carbons (Fsp3) is 0.364. The number of aromatic nitrogens is 1. The lowest BCUT2D eigenvalue weighted by Gasteiger charge is -2.32. The molecule has 2 aromatic rings. The molecule has 2 aliphatic heterocycles. The summed E-state index contributed by atoms with van der Waals surface area (Å²) in [5.41, 5.74) is 1.02. The van der Waals surface area contributed by atoms with E-state index in [1.807, 2.05) is 7.05 Å². The molecule has 34 heavy (non-hydrogen) atoms. The van der Waals surface area contributed by atoms with Gasteiger partial charge in [-0.3, -0.25) is 14.6 Å². The minimum atomic E-state index is -4.84. The van der Waals surface area contributed by atoms with E-state index >= 15 is 0 Å². The Morgan fingerprint density at radius 1 is 1.06 bits per heavy atom. The van der Waals surface area contributed by atoms with Crippen LogP contribution in [0.5, 0.6) is 5.75 Å². The molecule has 9 nitrogen and oxygen atoms in total. The first kappa shape index (κ1) is 23.5. The average molecular weight is 477 g/mol. The highest BCUT2D eigenvalue weighted by molar-refractivity contribution is 6.19. The highest BCUT2D eigenvalue weighted by Gasteiger charge is 2.37. The van der Waals surface area contributed by atoms with Crippen molar-refractivity contribution in [2.75, 3.05) is 44.7 Å². The monoisotopic (exact) mass is 477 g/mol. The highest BCUT2D eigenvalue weighted by Crippen LogP contribution is 2.28. The number of nitrogens with zero attached hydrogens (tertiary/aromatic N) is 5. The van der Waals surface area contributed by atoms with Crippen molar-refractivity contribution in [3.05, 3.63) is 53.9 Å². The zero-order valence-electron chi connectivity index (χ0n) is 18.3. The Hall–Kier alpha value is -3.67. The summed E-state index contributed by atoms with van der Waals surface area (Å²) >= 11 is 0. The molecule has 0 atom stereocenters. The van der Waals surface area contributed by atoms with Gasteiger partial charge in [0.1, 0.15) is 18.0 Å². The minimum absolute atomic E-state index is 0.0713. The first-order valence-electron chi connectivity index (χ1n) is 10.5. The number of carbonyl (C=O) groups excluding carboxylic acids is 3. The van der Waals surface area contributed by atoms with Crippen molar-refractivity contribution in [3.8, 4) is 5.75 Å². The van der Waals surface area contributed by atoms with Crippen LogP contribution >= 0.6 is 0 Å². The first-order valence-corrected chi connectivity index (χ1v) is 10.5. The quantitative estimate of drug-likeness (QED) is 0.615. The maximum Gasteiger partial charge on any atom is 0.573 e. The van der Waals surface area contributed by atoms with Gasteiger partial charge < -0.3 is 19.4 Å². The third kappa shape index (κ3) is 5.28. The average Bonchev–Trinajstić information content (AvgIpc) is 3.06. The zero-order valence-corrected chi connectivity index (χ0v) is 18.3. The molecule has 2 aliphatic rings. The zero-order chi connectivity index (χ0) is 24.5. The molecule has 4 rings (SSSR count). The molecule has 0 radical (unpaired) electrons. The van der Waals surface area contributed by atoms with Gasteiger partial charge >= 0.3 is 12.4 Å². The third-order valence-corrected chi connectivity index (χ3v) is 5.57. The second-order valence-corrected chi connectivity index (χ2v) is 8.05. The van der Waals surface area contributed by atoms with Crippen molar-refractivity contribution in [3.63, 3.8) is 0 Å². The predicted octanol–water partition coefficient (Wildman–Crippen LogP) is 2.34. The lowest BCUT2D eigenvalue weighted by molar-refractivity contribution is -0.274. The number of urea groups is 1. The Labute approximate surface area is 193 Å². The normalized spacial score (nSPS) is 17.5. The molecule has 4 amide bonds. The van der Waals surface area contributed by atoms with E-state index in [0.717, 1.165) is 30.1 Å². The number of benzene rings is 1. The topological polar surface area (TPSA) is 86.3 Å². The summed E-state index contributed by atoms with van der Waals surface area (Å²) in [5, 5.41) is 0. The summed E-state index contributed by atoms with van der Waals surface area (Å²) < 4.78 is 40.9. The van der Waals surface area contributed by atoms with Crippen molar-refractivity contribution in [1.29, 1.82) is 0 Å². The van der Waals surface area contributed by atoms with Gasteiger partial charge in [0.15, 0.2) is 0 Å². The van der Waals surface area contributed by atoms with Crippen molar-refractivity contribution in [2.45, 2.75) is 12.9 Å². The Bertz CT molecular complexity index is 1080. The lowest BCUT2D eigenvalue weighted by Crippen LogP contribution is -2.47. The Morgan fingerprint density at radius 2 is 1.74 bits per heavy atom. The van der Waals surface area contributed by atoms with Gasteiger partial charge in [-0.15, -0.1) is 13.2 Å². The van der Waals surface area contributed by atoms with E-state index in [0.29, 0.717) is 18.7 Å². The number of amides is 4. The highest BCUT2D eigenvalue weighted by atomic mass is 19.4. The summed E-state index contributed by atoms with van der Waals surface area (Å²) in [6, 6.07) is 7.13. The number of rotatable bonds is 5. The third-order valence-electron chi connectivity index (χ3n) is 5.57. The van der Waals surface area contributed by atoms with Crippen LogP contribution in [0.2, 0.25) is 0 Å². The van der Waals surface area contributed by atoms with Crippen LogP contribution in [0.3, 0.4) is 0 Å². The molecule has 12 heteroatoms. The number of anilines is 1. The molecule has 0 spiro atoms. The van der Waals surface area contributed by atoms with E-state index in [2.05, 4.69) is 14.6 Å². The Kier molecular flexibility index (Phi) is 6.42. The molecule has 0 bridgehead atoms. The van der Waals surface area contributed by atoms with Gasteiger partial charge in [-0.05, 0) is 49.0 Å². The fourth-order valence-electron chi connectivity index (χ4n) is 3.81. The second kappa shape index (κ2) is 9.29. The van der Waals surface area contributed by atoms with E-state index in [-0.39, 0.29) is 30.4 Å². The molecule has 0 unspecified atom stereocenters. The van der Waals surface area contributed by atoms with Gasteiger partial charge in [-0.2, -0.15) is 0 Å².